The Morgan fingerprint density at radius 2 is 2.00 bits per heavy atom. The second-order valence-corrected chi connectivity index (χ2v) is 10.8. The number of hydrogen-bond acceptors (Lipinski definition) is 8. The van der Waals surface area contributed by atoms with Crippen molar-refractivity contribution < 1.29 is 9.13 Å². The van der Waals surface area contributed by atoms with E-state index in [0.717, 1.165) is 46.7 Å². The Morgan fingerprint density at radius 3 is 2.73 bits per heavy atom. The number of rotatable bonds is 8. The Kier molecular flexibility index (Phi) is 6.32. The summed E-state index contributed by atoms with van der Waals surface area (Å²) in [4.78, 5) is 16.7. The second kappa shape index (κ2) is 9.64. The minimum Gasteiger partial charge on any atom is -0.378 e. The second-order valence-electron chi connectivity index (χ2n) is 10.8. The standard InChI is InChI=1S/C27H35FN8O/c1-15(2)5-6-18-16(3)30-22-8-7-21(31-24(18)22)19-9-10-36-25(19)26(29-4)33-27(34-36)32-23-12-35(11-20(23)28)17-13-37-14-17/h7-10,15,17-18,20,23H,5-6,11-14H2,1-4H3,(H2,29,32,33,34)/t18?,20-,23+/m0/s1. The number of nitrogens with zero attached hydrogens (tertiary/aromatic N) is 6. The highest BCUT2D eigenvalue weighted by atomic mass is 19.1. The third-order valence-corrected chi connectivity index (χ3v) is 7.82. The lowest BCUT2D eigenvalue weighted by molar-refractivity contribution is -0.0585. The highest BCUT2D eigenvalue weighted by molar-refractivity contribution is 5.96. The van der Waals surface area contributed by atoms with Crippen LogP contribution in [0.2, 0.25) is 0 Å². The summed E-state index contributed by atoms with van der Waals surface area (Å²) in [6.45, 7) is 8.99. The molecule has 3 aromatic rings. The monoisotopic (exact) mass is 506 g/mol. The molecule has 10 heteroatoms. The van der Waals surface area contributed by atoms with Crippen LogP contribution < -0.4 is 10.6 Å². The van der Waals surface area contributed by atoms with Crippen molar-refractivity contribution in [1.82, 2.24) is 24.5 Å². The number of hydrogen-bond donors (Lipinski definition) is 2. The lowest BCUT2D eigenvalue weighted by atomic mass is 9.92. The molecular weight excluding hydrogens is 471 g/mol. The van der Waals surface area contributed by atoms with Crippen molar-refractivity contribution in [2.75, 3.05) is 44.0 Å². The summed E-state index contributed by atoms with van der Waals surface area (Å²) in [6, 6.07) is 6.05. The van der Waals surface area contributed by atoms with Crippen LogP contribution in [0.1, 0.15) is 45.2 Å². The fraction of sp³-hybridized carbons (Fsp3) is 0.556. The van der Waals surface area contributed by atoms with Crippen LogP contribution in [0.4, 0.5) is 21.8 Å². The van der Waals surface area contributed by atoms with Crippen LogP contribution >= 0.6 is 0 Å². The van der Waals surface area contributed by atoms with Gasteiger partial charge in [0.05, 0.1) is 42.4 Å². The van der Waals surface area contributed by atoms with Gasteiger partial charge in [-0.2, -0.15) is 4.98 Å². The SMILES string of the molecule is CNc1nc(N[C@@H]2CN(C3COC3)C[C@@H]2F)nn2ccc(-c3ccc4c(n3)C(CCC(C)C)C(C)=N4)c12. The number of alkyl halides is 1. The lowest BCUT2D eigenvalue weighted by Gasteiger charge is -2.34. The van der Waals surface area contributed by atoms with E-state index >= 15 is 0 Å². The number of ether oxygens (including phenoxy) is 1. The maximum Gasteiger partial charge on any atom is 0.243 e. The lowest BCUT2D eigenvalue weighted by Crippen LogP contribution is -2.48. The van der Waals surface area contributed by atoms with Crippen molar-refractivity contribution >= 4 is 28.7 Å². The van der Waals surface area contributed by atoms with Gasteiger partial charge in [0.25, 0.3) is 0 Å². The highest BCUT2D eigenvalue weighted by Crippen LogP contribution is 2.40. The van der Waals surface area contributed by atoms with Crippen molar-refractivity contribution in [2.24, 2.45) is 10.9 Å². The molecule has 0 spiro atoms. The van der Waals surface area contributed by atoms with E-state index in [4.69, 9.17) is 19.7 Å². The molecule has 0 bridgehead atoms. The molecule has 3 aromatic heterocycles. The average molecular weight is 507 g/mol. The number of halogens is 1. The molecule has 0 saturated carbocycles. The molecule has 0 aromatic carbocycles. The predicted molar refractivity (Wildman–Crippen MR) is 144 cm³/mol. The maximum atomic E-state index is 14.8. The summed E-state index contributed by atoms with van der Waals surface area (Å²) < 4.78 is 21.9. The number of anilines is 2. The maximum absolute atomic E-state index is 14.8. The summed E-state index contributed by atoms with van der Waals surface area (Å²) in [5.74, 6) is 1.97. The van der Waals surface area contributed by atoms with Crippen molar-refractivity contribution in [2.45, 2.75) is 57.8 Å². The van der Waals surface area contributed by atoms with Crippen LogP contribution in [0.5, 0.6) is 0 Å². The molecule has 2 N–H and O–H groups in total. The van der Waals surface area contributed by atoms with Crippen molar-refractivity contribution in [1.29, 1.82) is 0 Å². The number of aromatic nitrogens is 4. The molecule has 3 aliphatic rings. The van der Waals surface area contributed by atoms with Gasteiger partial charge in [-0.1, -0.05) is 13.8 Å². The van der Waals surface area contributed by atoms with E-state index in [2.05, 4.69) is 47.5 Å². The Labute approximate surface area is 216 Å². The first-order valence-electron chi connectivity index (χ1n) is 13.3. The minimum absolute atomic E-state index is 0.258. The molecule has 3 atom stereocenters. The van der Waals surface area contributed by atoms with Gasteiger partial charge in [0, 0.05) is 43.5 Å². The smallest absolute Gasteiger partial charge is 0.243 e. The van der Waals surface area contributed by atoms with E-state index in [-0.39, 0.29) is 12.0 Å². The topological polar surface area (TPSA) is 92.0 Å². The van der Waals surface area contributed by atoms with Gasteiger partial charge in [-0.05, 0) is 43.9 Å². The molecule has 9 nitrogen and oxygen atoms in total. The molecule has 3 aliphatic heterocycles. The molecular formula is C27H35FN8O. The van der Waals surface area contributed by atoms with Gasteiger partial charge in [-0.25, -0.2) is 13.9 Å². The number of nitrogens with one attached hydrogen (secondary N) is 2. The normalized spacial score (nSPS) is 23.9. The quantitative estimate of drug-likeness (QED) is 0.471. The van der Waals surface area contributed by atoms with Crippen LogP contribution in [-0.2, 0) is 4.74 Å². The van der Waals surface area contributed by atoms with Gasteiger partial charge in [0.2, 0.25) is 5.95 Å². The first kappa shape index (κ1) is 24.2. The van der Waals surface area contributed by atoms with Crippen LogP contribution in [0.15, 0.2) is 29.4 Å². The molecule has 2 saturated heterocycles. The molecule has 2 fully saturated rings. The molecule has 6 heterocycles. The number of pyridine rings is 1. The van der Waals surface area contributed by atoms with Gasteiger partial charge in [0.15, 0.2) is 5.82 Å². The molecule has 196 valence electrons. The minimum atomic E-state index is -0.983. The third kappa shape index (κ3) is 4.46. The summed E-state index contributed by atoms with van der Waals surface area (Å²) >= 11 is 0. The molecule has 0 radical (unpaired) electrons. The highest BCUT2D eigenvalue weighted by Gasteiger charge is 2.39. The summed E-state index contributed by atoms with van der Waals surface area (Å²) in [5, 5.41) is 11.1. The van der Waals surface area contributed by atoms with E-state index < -0.39 is 6.17 Å². The zero-order valence-corrected chi connectivity index (χ0v) is 21.9. The third-order valence-electron chi connectivity index (χ3n) is 7.82. The van der Waals surface area contributed by atoms with E-state index in [1.165, 1.54) is 0 Å². The van der Waals surface area contributed by atoms with Crippen molar-refractivity contribution in [3.05, 3.63) is 30.1 Å². The number of aliphatic imine (C=N–C) groups is 1. The largest absolute Gasteiger partial charge is 0.378 e. The molecule has 6 rings (SSSR count). The van der Waals surface area contributed by atoms with E-state index in [0.29, 0.717) is 50.0 Å². The summed E-state index contributed by atoms with van der Waals surface area (Å²) in [5.41, 5.74) is 5.82. The van der Waals surface area contributed by atoms with Crippen molar-refractivity contribution in [3.8, 4) is 11.3 Å². The van der Waals surface area contributed by atoms with Gasteiger partial charge in [-0.3, -0.25) is 9.89 Å². The van der Waals surface area contributed by atoms with Gasteiger partial charge in [0.1, 0.15) is 11.7 Å². The van der Waals surface area contributed by atoms with Crippen LogP contribution in [0.25, 0.3) is 16.8 Å². The number of fused-ring (bicyclic) bond motifs is 2. The first-order chi connectivity index (χ1) is 17.9. The van der Waals surface area contributed by atoms with Gasteiger partial charge >= 0.3 is 0 Å². The fourth-order valence-corrected chi connectivity index (χ4v) is 5.57. The predicted octanol–water partition coefficient (Wildman–Crippen LogP) is 4.29. The van der Waals surface area contributed by atoms with E-state index in [1.807, 2.05) is 25.4 Å². The molecule has 0 aliphatic carbocycles. The van der Waals surface area contributed by atoms with Crippen molar-refractivity contribution in [3.63, 3.8) is 0 Å². The number of likely N-dealkylation sites (tertiary alicyclic amines) is 1. The van der Waals surface area contributed by atoms with Crippen LogP contribution in [-0.4, -0.2) is 81.8 Å². The molecule has 1 unspecified atom stereocenters. The Bertz CT molecular complexity index is 1330. The Hall–Kier alpha value is -3.11. The Balaban J connectivity index is 1.28. The zero-order chi connectivity index (χ0) is 25.7. The summed E-state index contributed by atoms with van der Waals surface area (Å²) in [7, 11) is 1.84. The average Bonchev–Trinajstić information content (AvgIpc) is 3.50. The Morgan fingerprint density at radius 1 is 1.16 bits per heavy atom. The fourth-order valence-electron chi connectivity index (χ4n) is 5.57. The summed E-state index contributed by atoms with van der Waals surface area (Å²) in [6.07, 6.45) is 3.11. The molecule has 37 heavy (non-hydrogen) atoms. The van der Waals surface area contributed by atoms with E-state index in [9.17, 15) is 4.39 Å². The van der Waals surface area contributed by atoms with Gasteiger partial charge in [-0.15, -0.1) is 5.10 Å². The van der Waals surface area contributed by atoms with Crippen LogP contribution in [0, 0.1) is 5.92 Å². The van der Waals surface area contributed by atoms with E-state index in [1.54, 1.807) is 4.52 Å². The van der Waals surface area contributed by atoms with Crippen LogP contribution in [0.3, 0.4) is 0 Å². The zero-order valence-electron chi connectivity index (χ0n) is 21.9. The van der Waals surface area contributed by atoms with Gasteiger partial charge < -0.3 is 15.4 Å². The molecule has 0 amide bonds. The first-order valence-corrected chi connectivity index (χ1v) is 13.3.